The van der Waals surface area contributed by atoms with Crippen molar-refractivity contribution in [1.29, 1.82) is 0 Å². The molecule has 0 aromatic rings. The lowest BCUT2D eigenvalue weighted by Crippen LogP contribution is -2.24. The van der Waals surface area contributed by atoms with Gasteiger partial charge in [-0.05, 0) is 87.9 Å². The zero-order chi connectivity index (χ0) is 43.6. The molecule has 8 aliphatic rings. The standard InChI is InChI=1S/C16H26O3.C12H18O3.2C9H10O3.C2H6/c1-2-3-4-5-6-7-8-9-10-11-12-14-13-15(17)19-16(14)18;1-2-3-4-5-6-7-8-10-9-11(13)15-12(10)14;2*10-8-6-4-1-2-5(3-4)7(6)9(11)12-8;1-2/h11-12,14H,2-10,13H2,1H3;7-8,10H,2-6,9H2,1H3;2*4-7H,1-3H2;1-2H3/b12-11+;8-7+;;;. The molecule has 0 aromatic heterocycles. The molecule has 0 radical (unpaired) electrons. The largest absolute Gasteiger partial charge is 0.393 e. The lowest BCUT2D eigenvalue weighted by atomic mass is 9.81. The van der Waals surface area contributed by atoms with Gasteiger partial charge in [-0.15, -0.1) is 0 Å². The van der Waals surface area contributed by atoms with Crippen LogP contribution in [0.2, 0.25) is 0 Å². The maximum Gasteiger partial charge on any atom is 0.321 e. The molecule has 10 unspecified atom stereocenters. The molecule has 4 saturated heterocycles. The van der Waals surface area contributed by atoms with Crippen LogP contribution in [0.5, 0.6) is 0 Å². The molecular formula is C48H70O12. The summed E-state index contributed by atoms with van der Waals surface area (Å²) in [4.78, 5) is 88.7. The summed E-state index contributed by atoms with van der Waals surface area (Å²) in [5, 5.41) is 0. The first-order valence-electron chi connectivity index (χ1n) is 23.4. The third kappa shape index (κ3) is 13.5. The highest BCUT2D eigenvalue weighted by molar-refractivity contribution is 5.98. The Bertz CT molecular complexity index is 1450. The van der Waals surface area contributed by atoms with Gasteiger partial charge in [-0.25, -0.2) is 0 Å². The van der Waals surface area contributed by atoms with Gasteiger partial charge in [0.1, 0.15) is 0 Å². The quantitative estimate of drug-likeness (QED) is 0.0475. The molecule has 12 heteroatoms. The van der Waals surface area contributed by atoms with Gasteiger partial charge in [0.2, 0.25) is 0 Å². The molecule has 60 heavy (non-hydrogen) atoms. The zero-order valence-electron chi connectivity index (χ0n) is 36.5. The van der Waals surface area contributed by atoms with Gasteiger partial charge in [-0.2, -0.15) is 0 Å². The number of ether oxygens (including phenoxy) is 4. The number of rotatable bonds is 16. The monoisotopic (exact) mass is 838 g/mol. The molecule has 10 atom stereocenters. The molecule has 0 N–H and O–H groups in total. The molecular weight excluding hydrogens is 769 g/mol. The van der Waals surface area contributed by atoms with Crippen molar-refractivity contribution in [2.45, 2.75) is 169 Å². The van der Waals surface area contributed by atoms with Crippen LogP contribution in [0.4, 0.5) is 0 Å². The van der Waals surface area contributed by atoms with Gasteiger partial charge in [-0.3, -0.25) is 38.4 Å². The van der Waals surface area contributed by atoms with Crippen LogP contribution in [0.15, 0.2) is 24.3 Å². The van der Waals surface area contributed by atoms with Gasteiger partial charge in [0.15, 0.2) is 0 Å². The van der Waals surface area contributed by atoms with Crippen LogP contribution in [-0.2, 0) is 57.3 Å². The van der Waals surface area contributed by atoms with E-state index in [2.05, 4.69) is 32.8 Å². The van der Waals surface area contributed by atoms with E-state index in [4.69, 9.17) is 0 Å². The summed E-state index contributed by atoms with van der Waals surface area (Å²) in [7, 11) is 0. The summed E-state index contributed by atoms with van der Waals surface area (Å²) in [5.74, 6) is -1.67. The van der Waals surface area contributed by atoms with Crippen molar-refractivity contribution in [2.75, 3.05) is 0 Å². The second kappa shape index (κ2) is 25.1. The van der Waals surface area contributed by atoms with E-state index in [0.717, 1.165) is 57.8 Å². The Morgan fingerprint density at radius 2 is 0.717 bits per heavy atom. The van der Waals surface area contributed by atoms with Crippen LogP contribution in [0.25, 0.3) is 0 Å². The van der Waals surface area contributed by atoms with E-state index in [-0.39, 0.29) is 72.2 Å². The molecule has 4 aliphatic carbocycles. The Morgan fingerprint density at radius 3 is 1.02 bits per heavy atom. The highest BCUT2D eigenvalue weighted by atomic mass is 16.6. The number of unbranched alkanes of at least 4 members (excludes halogenated alkanes) is 12. The second-order valence-corrected chi connectivity index (χ2v) is 17.4. The third-order valence-corrected chi connectivity index (χ3v) is 13.3. The first-order valence-corrected chi connectivity index (χ1v) is 23.4. The predicted octanol–water partition coefficient (Wildman–Crippen LogP) is 9.26. The van der Waals surface area contributed by atoms with Crippen molar-refractivity contribution in [2.24, 2.45) is 59.2 Å². The molecule has 0 aromatic carbocycles. The second-order valence-electron chi connectivity index (χ2n) is 17.4. The Morgan fingerprint density at radius 1 is 0.417 bits per heavy atom. The maximum absolute atomic E-state index is 11.2. The summed E-state index contributed by atoms with van der Waals surface area (Å²) in [5.41, 5.74) is 0. The van der Waals surface area contributed by atoms with E-state index >= 15 is 0 Å². The van der Waals surface area contributed by atoms with Crippen molar-refractivity contribution < 1.29 is 57.3 Å². The van der Waals surface area contributed by atoms with Crippen molar-refractivity contribution in [1.82, 2.24) is 0 Å². The Hall–Kier alpha value is -3.96. The van der Waals surface area contributed by atoms with E-state index in [0.29, 0.717) is 23.7 Å². The zero-order valence-corrected chi connectivity index (χ0v) is 36.5. The van der Waals surface area contributed by atoms with E-state index in [1.807, 2.05) is 32.1 Å². The third-order valence-electron chi connectivity index (χ3n) is 13.3. The molecule has 12 nitrogen and oxygen atoms in total. The molecule has 334 valence electrons. The van der Waals surface area contributed by atoms with Crippen molar-refractivity contribution in [3.05, 3.63) is 24.3 Å². The first kappa shape index (κ1) is 48.7. The average molecular weight is 839 g/mol. The normalized spacial score (nSPS) is 31.4. The van der Waals surface area contributed by atoms with Gasteiger partial charge < -0.3 is 18.9 Å². The van der Waals surface area contributed by atoms with E-state index in [1.165, 1.54) is 70.6 Å². The minimum absolute atomic E-state index is 0.0590. The number of carbonyl (C=O) groups is 8. The maximum atomic E-state index is 11.2. The van der Waals surface area contributed by atoms with Crippen molar-refractivity contribution in [3.63, 3.8) is 0 Å². The summed E-state index contributed by atoms with van der Waals surface area (Å²) in [6.45, 7) is 8.41. The lowest BCUT2D eigenvalue weighted by Gasteiger charge is -2.17. The molecule has 4 saturated carbocycles. The molecule has 4 heterocycles. The van der Waals surface area contributed by atoms with Gasteiger partial charge in [0.25, 0.3) is 0 Å². The molecule has 4 bridgehead atoms. The topological polar surface area (TPSA) is 173 Å². The van der Waals surface area contributed by atoms with E-state index in [1.54, 1.807) is 6.08 Å². The van der Waals surface area contributed by atoms with E-state index in [9.17, 15) is 38.4 Å². The van der Waals surface area contributed by atoms with Crippen molar-refractivity contribution in [3.8, 4) is 0 Å². The van der Waals surface area contributed by atoms with Crippen LogP contribution < -0.4 is 0 Å². The fourth-order valence-electron chi connectivity index (χ4n) is 10.3. The average Bonchev–Trinajstić information content (AvgIpc) is 4.12. The molecule has 0 spiro atoms. The van der Waals surface area contributed by atoms with Crippen LogP contribution in [0.1, 0.15) is 169 Å². The van der Waals surface area contributed by atoms with Gasteiger partial charge >= 0.3 is 47.8 Å². The van der Waals surface area contributed by atoms with Gasteiger partial charge in [0.05, 0.1) is 48.3 Å². The number of allylic oxidation sites excluding steroid dienone is 2. The lowest BCUT2D eigenvalue weighted by molar-refractivity contribution is -0.156. The molecule has 8 rings (SSSR count). The van der Waals surface area contributed by atoms with Gasteiger partial charge in [-0.1, -0.05) is 116 Å². The van der Waals surface area contributed by atoms with Crippen LogP contribution in [-0.4, -0.2) is 47.8 Å². The fraction of sp³-hybridized carbons (Fsp3) is 0.750. The number of cyclic esters (lactones) is 8. The number of fused-ring (bicyclic) bond motifs is 10. The smallest absolute Gasteiger partial charge is 0.321 e. The van der Waals surface area contributed by atoms with E-state index < -0.39 is 23.9 Å². The molecule has 0 amide bonds. The van der Waals surface area contributed by atoms with Crippen LogP contribution >= 0.6 is 0 Å². The summed E-state index contributed by atoms with van der Waals surface area (Å²) in [6, 6.07) is 0. The Kier molecular flexibility index (Phi) is 20.4. The predicted molar refractivity (Wildman–Crippen MR) is 222 cm³/mol. The van der Waals surface area contributed by atoms with Crippen LogP contribution in [0, 0.1) is 59.2 Å². The van der Waals surface area contributed by atoms with Gasteiger partial charge in [0, 0.05) is 0 Å². The minimum atomic E-state index is -0.402. The number of carbonyl (C=O) groups excluding carboxylic acids is 8. The summed E-state index contributed by atoms with van der Waals surface area (Å²) < 4.78 is 18.2. The number of hydrogen-bond donors (Lipinski definition) is 0. The highest BCUT2D eigenvalue weighted by Crippen LogP contribution is 2.56. The summed E-state index contributed by atoms with van der Waals surface area (Å²) in [6.07, 6.45) is 32.0. The number of hydrogen-bond acceptors (Lipinski definition) is 12. The molecule has 4 aliphatic heterocycles. The van der Waals surface area contributed by atoms with Crippen molar-refractivity contribution >= 4 is 47.8 Å². The minimum Gasteiger partial charge on any atom is -0.393 e. The number of esters is 8. The Balaban J connectivity index is 0.000000176. The Labute approximate surface area is 356 Å². The fourth-order valence-corrected chi connectivity index (χ4v) is 10.3. The first-order chi connectivity index (χ1) is 29.0. The SMILES string of the molecule is CC.CCCCCC/C=C/C1CC(=O)OC1=O.CCCCCCCCCC/C=C/C1CC(=O)OC1=O.O=C1OC(=O)C2C3CCC(C3)C12.O=C1OC(=O)C2C3CCC(C3)C12. The molecule has 8 fully saturated rings. The summed E-state index contributed by atoms with van der Waals surface area (Å²) >= 11 is 0. The highest BCUT2D eigenvalue weighted by Gasteiger charge is 2.60. The van der Waals surface area contributed by atoms with Crippen LogP contribution in [0.3, 0.4) is 0 Å².